The second-order valence-corrected chi connectivity index (χ2v) is 5.07. The van der Waals surface area contributed by atoms with Gasteiger partial charge in [-0.15, -0.1) is 0 Å². The molecule has 2 rings (SSSR count). The first-order valence-corrected chi connectivity index (χ1v) is 6.67. The molecule has 1 amide bonds. The molecular weight excluding hydrogens is 318 g/mol. The summed E-state index contributed by atoms with van der Waals surface area (Å²) in [4.78, 5) is 47.6. The first-order chi connectivity index (χ1) is 11.2. The van der Waals surface area contributed by atoms with Crippen molar-refractivity contribution >= 4 is 28.8 Å². The van der Waals surface area contributed by atoms with Crippen LogP contribution in [0.25, 0.3) is 0 Å². The quantitative estimate of drug-likeness (QED) is 0.475. The van der Waals surface area contributed by atoms with Crippen molar-refractivity contribution in [2.45, 2.75) is 13.8 Å². The number of allylic oxidation sites excluding steroid dienone is 4. The van der Waals surface area contributed by atoms with Gasteiger partial charge in [0.25, 0.3) is 17.3 Å². The van der Waals surface area contributed by atoms with Gasteiger partial charge in [-0.2, -0.15) is 0 Å². The number of ketones is 1. The second kappa shape index (κ2) is 6.32. The molecule has 1 aliphatic carbocycles. The van der Waals surface area contributed by atoms with Crippen molar-refractivity contribution in [3.8, 4) is 0 Å². The fraction of sp³-hybridized carbons (Fsp3) is 0.133. The number of aliphatic imine (C=N–C) groups is 1. The van der Waals surface area contributed by atoms with E-state index in [0.717, 1.165) is 18.2 Å². The zero-order chi connectivity index (χ0) is 18.0. The Hall–Kier alpha value is -3.49. The van der Waals surface area contributed by atoms with Crippen LogP contribution in [0.3, 0.4) is 0 Å². The maximum atomic E-state index is 12.3. The highest BCUT2D eigenvalue weighted by molar-refractivity contribution is 6.25. The number of nitrogens with zero attached hydrogens (tertiary/aromatic N) is 3. The van der Waals surface area contributed by atoms with Crippen LogP contribution in [0.15, 0.2) is 46.5 Å². The molecule has 1 aromatic rings. The summed E-state index contributed by atoms with van der Waals surface area (Å²) in [5.74, 6) is -1.10. The summed E-state index contributed by atoms with van der Waals surface area (Å²) < 4.78 is 0. The van der Waals surface area contributed by atoms with Gasteiger partial charge in [0.2, 0.25) is 0 Å². The molecule has 9 heteroatoms. The van der Waals surface area contributed by atoms with Crippen molar-refractivity contribution in [3.05, 3.63) is 67.3 Å². The standard InChI is InChI=1S/C15H11N3O6/c1-8-3-13(19)4-9(2)14(8)16-15(20)10-5-11(17(21)22)7-12(6-10)18(23)24/h3-7H,1-2H3. The van der Waals surface area contributed by atoms with Crippen LogP contribution in [0.1, 0.15) is 24.2 Å². The molecule has 0 radical (unpaired) electrons. The third-order valence-corrected chi connectivity index (χ3v) is 3.25. The van der Waals surface area contributed by atoms with E-state index in [1.807, 2.05) is 0 Å². The molecule has 0 unspecified atom stereocenters. The van der Waals surface area contributed by atoms with E-state index in [-0.39, 0.29) is 17.1 Å². The van der Waals surface area contributed by atoms with E-state index in [2.05, 4.69) is 4.99 Å². The molecule has 1 aliphatic rings. The minimum atomic E-state index is -0.869. The number of carbonyl (C=O) groups is 2. The van der Waals surface area contributed by atoms with Gasteiger partial charge in [-0.1, -0.05) is 0 Å². The summed E-state index contributed by atoms with van der Waals surface area (Å²) in [5, 5.41) is 21.7. The Morgan fingerprint density at radius 2 is 1.42 bits per heavy atom. The minimum absolute atomic E-state index is 0.234. The molecule has 0 aromatic heterocycles. The highest BCUT2D eigenvalue weighted by Crippen LogP contribution is 2.24. The molecule has 0 aliphatic heterocycles. The van der Waals surface area contributed by atoms with Crippen LogP contribution in [0, 0.1) is 20.2 Å². The van der Waals surface area contributed by atoms with E-state index in [9.17, 15) is 29.8 Å². The third kappa shape index (κ3) is 3.46. The van der Waals surface area contributed by atoms with Crippen LogP contribution in [0.5, 0.6) is 0 Å². The van der Waals surface area contributed by atoms with Crippen LogP contribution in [0.2, 0.25) is 0 Å². The number of amides is 1. The van der Waals surface area contributed by atoms with E-state index < -0.39 is 27.1 Å². The van der Waals surface area contributed by atoms with E-state index in [4.69, 9.17) is 0 Å². The minimum Gasteiger partial charge on any atom is -0.290 e. The topological polar surface area (TPSA) is 133 Å². The molecule has 0 N–H and O–H groups in total. The molecule has 122 valence electrons. The lowest BCUT2D eigenvalue weighted by Gasteiger charge is -2.10. The number of nitro benzene ring substituents is 2. The molecule has 0 saturated heterocycles. The van der Waals surface area contributed by atoms with Crippen LogP contribution < -0.4 is 0 Å². The van der Waals surface area contributed by atoms with Gasteiger partial charge < -0.3 is 0 Å². The van der Waals surface area contributed by atoms with Crippen molar-refractivity contribution in [2.75, 3.05) is 0 Å². The summed E-state index contributed by atoms with van der Waals surface area (Å²) >= 11 is 0. The van der Waals surface area contributed by atoms with Crippen molar-refractivity contribution in [1.82, 2.24) is 0 Å². The van der Waals surface area contributed by atoms with Gasteiger partial charge in [0.1, 0.15) is 0 Å². The molecule has 0 heterocycles. The molecular formula is C15H11N3O6. The van der Waals surface area contributed by atoms with Gasteiger partial charge in [0.15, 0.2) is 5.78 Å². The Kier molecular flexibility index (Phi) is 4.45. The fourth-order valence-corrected chi connectivity index (χ4v) is 2.19. The number of non-ortho nitro benzene ring substituents is 2. The molecule has 0 fully saturated rings. The zero-order valence-electron chi connectivity index (χ0n) is 12.7. The van der Waals surface area contributed by atoms with Crippen LogP contribution in [-0.4, -0.2) is 27.2 Å². The van der Waals surface area contributed by atoms with Crippen molar-refractivity contribution in [3.63, 3.8) is 0 Å². The summed E-state index contributed by atoms with van der Waals surface area (Å²) in [6, 6.07) is 2.61. The normalized spacial score (nSPS) is 13.9. The second-order valence-electron chi connectivity index (χ2n) is 5.07. The van der Waals surface area contributed by atoms with E-state index >= 15 is 0 Å². The molecule has 0 atom stereocenters. The average Bonchev–Trinajstić information content (AvgIpc) is 2.49. The van der Waals surface area contributed by atoms with E-state index in [1.165, 1.54) is 12.2 Å². The van der Waals surface area contributed by atoms with E-state index in [0.29, 0.717) is 11.1 Å². The smallest absolute Gasteiger partial charge is 0.278 e. The van der Waals surface area contributed by atoms with Crippen LogP contribution >= 0.6 is 0 Å². The number of nitro groups is 2. The molecule has 0 bridgehead atoms. The molecule has 9 nitrogen and oxygen atoms in total. The Balaban J connectivity index is 2.50. The zero-order valence-corrected chi connectivity index (χ0v) is 12.7. The highest BCUT2D eigenvalue weighted by Gasteiger charge is 2.21. The van der Waals surface area contributed by atoms with E-state index in [1.54, 1.807) is 13.8 Å². The van der Waals surface area contributed by atoms with Crippen molar-refractivity contribution < 1.29 is 19.4 Å². The predicted octanol–water partition coefficient (Wildman–Crippen LogP) is 2.56. The number of carbonyl (C=O) groups excluding carboxylic acids is 2. The summed E-state index contributed by atoms with van der Waals surface area (Å²) in [6.07, 6.45) is 2.60. The molecule has 24 heavy (non-hydrogen) atoms. The Morgan fingerprint density at radius 3 is 1.83 bits per heavy atom. The molecule has 1 aromatic carbocycles. The first-order valence-electron chi connectivity index (χ1n) is 6.67. The maximum Gasteiger partial charge on any atom is 0.278 e. The van der Waals surface area contributed by atoms with Crippen molar-refractivity contribution in [2.24, 2.45) is 4.99 Å². The van der Waals surface area contributed by atoms with Crippen LogP contribution in [-0.2, 0) is 4.79 Å². The predicted molar refractivity (Wildman–Crippen MR) is 84.0 cm³/mol. The lowest BCUT2D eigenvalue weighted by atomic mass is 9.97. The van der Waals surface area contributed by atoms with Gasteiger partial charge in [-0.3, -0.25) is 29.8 Å². The molecule has 0 saturated carbocycles. The Labute approximate surface area is 135 Å². The number of hydrogen-bond donors (Lipinski definition) is 0. The lowest BCUT2D eigenvalue weighted by Crippen LogP contribution is -2.13. The van der Waals surface area contributed by atoms with Gasteiger partial charge >= 0.3 is 0 Å². The van der Waals surface area contributed by atoms with Gasteiger partial charge in [0, 0.05) is 12.1 Å². The maximum absolute atomic E-state index is 12.3. The summed E-state index contributed by atoms with van der Waals surface area (Å²) in [7, 11) is 0. The highest BCUT2D eigenvalue weighted by atomic mass is 16.6. The van der Waals surface area contributed by atoms with Crippen LogP contribution in [0.4, 0.5) is 11.4 Å². The average molecular weight is 329 g/mol. The SMILES string of the molecule is CC1=CC(=O)C=C(C)C1=NC(=O)c1cc([N+](=O)[O-])cc([N+](=O)[O-])c1. The summed E-state index contributed by atoms with van der Waals surface area (Å²) in [6.45, 7) is 3.19. The monoisotopic (exact) mass is 329 g/mol. The largest absolute Gasteiger partial charge is 0.290 e. The first kappa shape index (κ1) is 16.9. The lowest BCUT2D eigenvalue weighted by molar-refractivity contribution is -0.394. The Morgan fingerprint density at radius 1 is 0.958 bits per heavy atom. The number of rotatable bonds is 3. The van der Waals surface area contributed by atoms with Gasteiger partial charge in [0.05, 0.1) is 27.2 Å². The fourth-order valence-electron chi connectivity index (χ4n) is 2.19. The third-order valence-electron chi connectivity index (χ3n) is 3.25. The molecule has 0 spiro atoms. The van der Waals surface area contributed by atoms with Gasteiger partial charge in [-0.25, -0.2) is 4.99 Å². The summed E-state index contributed by atoms with van der Waals surface area (Å²) in [5.41, 5.74) is -0.242. The number of benzene rings is 1. The van der Waals surface area contributed by atoms with Crippen molar-refractivity contribution in [1.29, 1.82) is 0 Å². The van der Waals surface area contributed by atoms with Gasteiger partial charge in [-0.05, 0) is 37.1 Å². The number of hydrogen-bond acceptors (Lipinski definition) is 6. The Bertz CT molecular complexity index is 823.